The standard InChI is InChI=1S/C21H30N4O/c1-22-21(23-12-10-16-8-9-16)25-15-17(18-5-2-3-6-19(18)25)11-14-24-13-4-7-20(24)26/h2-3,5-6,16-17H,4,7-15H2,1H3,(H,22,23). The second-order valence-corrected chi connectivity index (χ2v) is 7.85. The Labute approximate surface area is 156 Å². The minimum Gasteiger partial charge on any atom is -0.356 e. The lowest BCUT2D eigenvalue weighted by molar-refractivity contribution is -0.127. The number of carbonyl (C=O) groups is 1. The third-order valence-electron chi connectivity index (χ3n) is 5.99. The van der Waals surface area contributed by atoms with E-state index in [-0.39, 0.29) is 0 Å². The minimum atomic E-state index is 0.325. The average Bonchev–Trinajstić information content (AvgIpc) is 3.29. The van der Waals surface area contributed by atoms with Gasteiger partial charge in [-0.2, -0.15) is 0 Å². The van der Waals surface area contributed by atoms with Crippen molar-refractivity contribution in [2.75, 3.05) is 38.1 Å². The lowest BCUT2D eigenvalue weighted by Gasteiger charge is -2.23. The van der Waals surface area contributed by atoms with Gasteiger partial charge in [-0.15, -0.1) is 0 Å². The third kappa shape index (κ3) is 3.71. The number of nitrogens with zero attached hydrogens (tertiary/aromatic N) is 3. The van der Waals surface area contributed by atoms with Gasteiger partial charge >= 0.3 is 0 Å². The van der Waals surface area contributed by atoms with Crippen LogP contribution in [0.15, 0.2) is 29.3 Å². The molecule has 1 saturated carbocycles. The second-order valence-electron chi connectivity index (χ2n) is 7.85. The first-order valence-electron chi connectivity index (χ1n) is 10.1. The number of fused-ring (bicyclic) bond motifs is 1. The Morgan fingerprint density at radius 3 is 2.85 bits per heavy atom. The zero-order chi connectivity index (χ0) is 17.9. The molecule has 3 aliphatic rings. The van der Waals surface area contributed by atoms with E-state index in [1.807, 2.05) is 11.9 Å². The summed E-state index contributed by atoms with van der Waals surface area (Å²) in [5, 5.41) is 3.56. The number of rotatable bonds is 6. The number of hydrogen-bond donors (Lipinski definition) is 1. The predicted octanol–water partition coefficient (Wildman–Crippen LogP) is 2.98. The summed E-state index contributed by atoms with van der Waals surface area (Å²) in [5.74, 6) is 2.70. The van der Waals surface area contributed by atoms with Crippen LogP contribution in [0, 0.1) is 5.92 Å². The third-order valence-corrected chi connectivity index (χ3v) is 5.99. The van der Waals surface area contributed by atoms with Gasteiger partial charge in [0.25, 0.3) is 0 Å². The Morgan fingerprint density at radius 2 is 2.12 bits per heavy atom. The highest BCUT2D eigenvalue weighted by Gasteiger charge is 2.32. The van der Waals surface area contributed by atoms with Crippen LogP contribution in [-0.4, -0.2) is 50.0 Å². The Hall–Kier alpha value is -2.04. The zero-order valence-electron chi connectivity index (χ0n) is 15.8. The van der Waals surface area contributed by atoms with Crippen molar-refractivity contribution >= 4 is 17.6 Å². The molecular formula is C21H30N4O. The quantitative estimate of drug-likeness (QED) is 0.631. The van der Waals surface area contributed by atoms with Crippen LogP contribution in [0.3, 0.4) is 0 Å². The van der Waals surface area contributed by atoms with Crippen molar-refractivity contribution in [3.8, 4) is 0 Å². The molecule has 0 spiro atoms. The van der Waals surface area contributed by atoms with Crippen LogP contribution in [0.5, 0.6) is 0 Å². The summed E-state index contributed by atoms with van der Waals surface area (Å²) in [7, 11) is 1.87. The monoisotopic (exact) mass is 354 g/mol. The van der Waals surface area contributed by atoms with Gasteiger partial charge in [0.05, 0.1) is 0 Å². The van der Waals surface area contributed by atoms with Crippen LogP contribution in [0.4, 0.5) is 5.69 Å². The predicted molar refractivity (Wildman–Crippen MR) is 106 cm³/mol. The first kappa shape index (κ1) is 17.4. The van der Waals surface area contributed by atoms with E-state index >= 15 is 0 Å². The fraction of sp³-hybridized carbons (Fsp3) is 0.619. The number of carbonyl (C=O) groups excluding carboxylic acids is 1. The molecule has 2 fully saturated rings. The van der Waals surface area contributed by atoms with Crippen molar-refractivity contribution in [3.05, 3.63) is 29.8 Å². The van der Waals surface area contributed by atoms with Gasteiger partial charge in [0.2, 0.25) is 5.91 Å². The zero-order valence-corrected chi connectivity index (χ0v) is 15.8. The molecule has 1 aromatic rings. The van der Waals surface area contributed by atoms with Crippen molar-refractivity contribution in [3.63, 3.8) is 0 Å². The summed E-state index contributed by atoms with van der Waals surface area (Å²) >= 11 is 0. The smallest absolute Gasteiger partial charge is 0.222 e. The summed E-state index contributed by atoms with van der Waals surface area (Å²) in [6.07, 6.45) is 6.80. The maximum Gasteiger partial charge on any atom is 0.222 e. The molecule has 0 aromatic heterocycles. The lowest BCUT2D eigenvalue weighted by Crippen LogP contribution is -2.41. The molecule has 0 radical (unpaired) electrons. The van der Waals surface area contributed by atoms with Crippen LogP contribution in [0.1, 0.15) is 50.0 Å². The molecular weight excluding hydrogens is 324 g/mol. The molecule has 5 nitrogen and oxygen atoms in total. The highest BCUT2D eigenvalue weighted by molar-refractivity contribution is 5.98. The molecule has 1 saturated heterocycles. The molecule has 1 atom stereocenters. The van der Waals surface area contributed by atoms with E-state index in [0.29, 0.717) is 11.8 Å². The van der Waals surface area contributed by atoms with Crippen LogP contribution in [-0.2, 0) is 4.79 Å². The van der Waals surface area contributed by atoms with Crippen LogP contribution in [0.25, 0.3) is 0 Å². The molecule has 2 heterocycles. The fourth-order valence-electron chi connectivity index (χ4n) is 4.28. The van der Waals surface area contributed by atoms with E-state index in [4.69, 9.17) is 0 Å². The number of guanidine groups is 1. The van der Waals surface area contributed by atoms with E-state index in [1.165, 1.54) is 30.5 Å². The molecule has 26 heavy (non-hydrogen) atoms. The van der Waals surface area contributed by atoms with Crippen molar-refractivity contribution in [2.24, 2.45) is 10.9 Å². The van der Waals surface area contributed by atoms with E-state index < -0.39 is 0 Å². The van der Waals surface area contributed by atoms with Gasteiger partial charge in [0.1, 0.15) is 0 Å². The van der Waals surface area contributed by atoms with Gasteiger partial charge in [-0.3, -0.25) is 9.79 Å². The molecule has 1 unspecified atom stereocenters. The summed E-state index contributed by atoms with van der Waals surface area (Å²) in [6.45, 7) is 3.76. The minimum absolute atomic E-state index is 0.325. The van der Waals surface area contributed by atoms with E-state index in [0.717, 1.165) is 57.3 Å². The van der Waals surface area contributed by atoms with Gasteiger partial charge in [0.15, 0.2) is 5.96 Å². The second kappa shape index (κ2) is 7.68. The molecule has 2 aliphatic heterocycles. The highest BCUT2D eigenvalue weighted by Crippen LogP contribution is 2.38. The summed E-state index contributed by atoms with van der Waals surface area (Å²) in [6, 6.07) is 8.67. The van der Waals surface area contributed by atoms with Gasteiger partial charge in [-0.25, -0.2) is 0 Å². The summed E-state index contributed by atoms with van der Waals surface area (Å²) in [5.41, 5.74) is 2.66. The van der Waals surface area contributed by atoms with Gasteiger partial charge in [-0.1, -0.05) is 31.0 Å². The Balaban J connectivity index is 1.42. The lowest BCUT2D eigenvalue weighted by atomic mass is 9.98. The molecule has 0 bridgehead atoms. The molecule has 1 N–H and O–H groups in total. The molecule has 1 amide bonds. The largest absolute Gasteiger partial charge is 0.356 e. The van der Waals surface area contributed by atoms with Gasteiger partial charge in [-0.05, 0) is 36.8 Å². The number of para-hydroxylation sites is 1. The van der Waals surface area contributed by atoms with Crippen LogP contribution >= 0.6 is 0 Å². The Bertz CT molecular complexity index is 682. The highest BCUT2D eigenvalue weighted by atomic mass is 16.2. The van der Waals surface area contributed by atoms with E-state index in [1.54, 1.807) is 0 Å². The van der Waals surface area contributed by atoms with Crippen molar-refractivity contribution in [1.82, 2.24) is 10.2 Å². The summed E-state index contributed by atoms with van der Waals surface area (Å²) in [4.78, 5) is 20.8. The van der Waals surface area contributed by atoms with Gasteiger partial charge in [0, 0.05) is 51.3 Å². The molecule has 1 aromatic carbocycles. The molecule has 4 rings (SSSR count). The van der Waals surface area contributed by atoms with E-state index in [9.17, 15) is 4.79 Å². The van der Waals surface area contributed by atoms with Crippen molar-refractivity contribution in [1.29, 1.82) is 0 Å². The maximum absolute atomic E-state index is 11.9. The summed E-state index contributed by atoms with van der Waals surface area (Å²) < 4.78 is 0. The first-order valence-corrected chi connectivity index (χ1v) is 10.1. The molecule has 140 valence electrons. The first-order chi connectivity index (χ1) is 12.8. The number of benzene rings is 1. The Kier molecular flexibility index (Phi) is 5.14. The Morgan fingerprint density at radius 1 is 1.27 bits per heavy atom. The average molecular weight is 354 g/mol. The van der Waals surface area contributed by atoms with E-state index in [2.05, 4.69) is 39.5 Å². The number of hydrogen-bond acceptors (Lipinski definition) is 2. The van der Waals surface area contributed by atoms with Crippen molar-refractivity contribution < 1.29 is 4.79 Å². The van der Waals surface area contributed by atoms with Crippen LogP contribution in [0.2, 0.25) is 0 Å². The fourth-order valence-corrected chi connectivity index (χ4v) is 4.28. The number of amides is 1. The topological polar surface area (TPSA) is 47.9 Å². The van der Waals surface area contributed by atoms with Gasteiger partial charge < -0.3 is 15.1 Å². The molecule has 1 aliphatic carbocycles. The number of aliphatic imine (C=N–C) groups is 1. The maximum atomic E-state index is 11.9. The van der Waals surface area contributed by atoms with Crippen LogP contribution < -0.4 is 10.2 Å². The number of anilines is 1. The van der Waals surface area contributed by atoms with Crippen molar-refractivity contribution in [2.45, 2.75) is 44.4 Å². The number of nitrogens with one attached hydrogen (secondary N) is 1. The number of likely N-dealkylation sites (tertiary alicyclic amines) is 1. The SMILES string of the molecule is CN=C(NCCC1CC1)N1CC(CCN2CCCC2=O)c2ccccc21. The normalized spacial score (nSPS) is 22.9. The molecule has 5 heteroatoms.